The fourth-order valence-electron chi connectivity index (χ4n) is 2.56. The van der Waals surface area contributed by atoms with Crippen molar-refractivity contribution < 1.29 is 9.53 Å². The minimum absolute atomic E-state index is 0.0386. The summed E-state index contributed by atoms with van der Waals surface area (Å²) in [6.45, 7) is 6.92. The van der Waals surface area contributed by atoms with Crippen LogP contribution < -0.4 is 16.4 Å². The molecule has 2 rings (SSSR count). The number of urea groups is 1. The summed E-state index contributed by atoms with van der Waals surface area (Å²) in [5.41, 5.74) is 6.96. The van der Waals surface area contributed by atoms with Crippen molar-refractivity contribution in [3.05, 3.63) is 24.3 Å². The molecule has 1 aromatic carbocycles. The third-order valence-electron chi connectivity index (χ3n) is 4.00. The monoisotopic (exact) mass is 277 g/mol. The van der Waals surface area contributed by atoms with Gasteiger partial charge in [0.25, 0.3) is 0 Å². The molecule has 0 radical (unpaired) electrons. The minimum atomic E-state index is -0.205. The molecule has 2 amide bonds. The first-order chi connectivity index (χ1) is 9.43. The van der Waals surface area contributed by atoms with Crippen LogP contribution in [0.1, 0.15) is 27.2 Å². The maximum Gasteiger partial charge on any atom is 0.319 e. The standard InChI is InChI=1S/C15H23N3O2/c1-4-20-13-9-12(15(13,2)3)18-14(19)17-11-7-5-6-10(16)8-11/h5-8,12-13H,4,9,16H2,1-3H3,(H2,17,18,19). The van der Waals surface area contributed by atoms with Crippen LogP contribution in [-0.4, -0.2) is 24.8 Å². The minimum Gasteiger partial charge on any atom is -0.399 e. The zero-order valence-corrected chi connectivity index (χ0v) is 12.3. The van der Waals surface area contributed by atoms with E-state index in [0.29, 0.717) is 18.0 Å². The molecule has 1 aliphatic carbocycles. The number of amides is 2. The average molecular weight is 277 g/mol. The number of hydrogen-bond acceptors (Lipinski definition) is 3. The molecule has 110 valence electrons. The Kier molecular flexibility index (Phi) is 4.18. The van der Waals surface area contributed by atoms with Gasteiger partial charge in [-0.15, -0.1) is 0 Å². The van der Waals surface area contributed by atoms with E-state index < -0.39 is 0 Å². The maximum absolute atomic E-state index is 12.0. The Hall–Kier alpha value is -1.75. The van der Waals surface area contributed by atoms with Gasteiger partial charge in [0.15, 0.2) is 0 Å². The van der Waals surface area contributed by atoms with Crippen molar-refractivity contribution in [1.29, 1.82) is 0 Å². The van der Waals surface area contributed by atoms with E-state index in [-0.39, 0.29) is 23.6 Å². The van der Waals surface area contributed by atoms with Crippen LogP contribution >= 0.6 is 0 Å². The van der Waals surface area contributed by atoms with E-state index in [9.17, 15) is 4.79 Å². The summed E-state index contributed by atoms with van der Waals surface area (Å²) in [6, 6.07) is 7.05. The lowest BCUT2D eigenvalue weighted by Crippen LogP contribution is -2.62. The first kappa shape index (κ1) is 14.7. The van der Waals surface area contributed by atoms with Crippen LogP contribution in [0.5, 0.6) is 0 Å². The van der Waals surface area contributed by atoms with E-state index in [0.717, 1.165) is 6.42 Å². The Labute approximate surface area is 119 Å². The van der Waals surface area contributed by atoms with Gasteiger partial charge in [-0.05, 0) is 31.5 Å². The number of ether oxygens (including phenoxy) is 1. The van der Waals surface area contributed by atoms with Gasteiger partial charge >= 0.3 is 6.03 Å². The Morgan fingerprint density at radius 1 is 1.50 bits per heavy atom. The fourth-order valence-corrected chi connectivity index (χ4v) is 2.56. The lowest BCUT2D eigenvalue weighted by molar-refractivity contribution is -0.110. The first-order valence-corrected chi connectivity index (χ1v) is 6.98. The van der Waals surface area contributed by atoms with E-state index in [1.165, 1.54) is 0 Å². The lowest BCUT2D eigenvalue weighted by atomic mass is 9.64. The van der Waals surface area contributed by atoms with Gasteiger partial charge in [0.05, 0.1) is 6.10 Å². The molecule has 0 bridgehead atoms. The Bertz CT molecular complexity index is 488. The molecule has 1 aromatic rings. The Morgan fingerprint density at radius 2 is 2.25 bits per heavy atom. The summed E-state index contributed by atoms with van der Waals surface area (Å²) in [6.07, 6.45) is 1.07. The van der Waals surface area contributed by atoms with Gasteiger partial charge in [-0.3, -0.25) is 0 Å². The van der Waals surface area contributed by atoms with Gasteiger partial charge in [0, 0.05) is 29.4 Å². The van der Waals surface area contributed by atoms with Crippen molar-refractivity contribution in [2.75, 3.05) is 17.7 Å². The third kappa shape index (κ3) is 3.04. The quantitative estimate of drug-likeness (QED) is 0.740. The van der Waals surface area contributed by atoms with E-state index in [4.69, 9.17) is 10.5 Å². The third-order valence-corrected chi connectivity index (χ3v) is 4.00. The predicted molar refractivity (Wildman–Crippen MR) is 80.6 cm³/mol. The number of anilines is 2. The normalized spacial score (nSPS) is 23.8. The highest BCUT2D eigenvalue weighted by molar-refractivity contribution is 5.90. The average Bonchev–Trinajstić information content (AvgIpc) is 2.37. The number of rotatable bonds is 4. The summed E-state index contributed by atoms with van der Waals surface area (Å²) in [5, 5.41) is 5.79. The molecule has 4 N–H and O–H groups in total. The van der Waals surface area contributed by atoms with Crippen LogP contribution in [-0.2, 0) is 4.74 Å². The second-order valence-electron chi connectivity index (χ2n) is 5.78. The van der Waals surface area contributed by atoms with Gasteiger partial charge in [-0.25, -0.2) is 4.79 Å². The Morgan fingerprint density at radius 3 is 2.85 bits per heavy atom. The number of nitrogens with one attached hydrogen (secondary N) is 2. The van der Waals surface area contributed by atoms with Crippen LogP contribution in [0.2, 0.25) is 0 Å². The predicted octanol–water partition coefficient (Wildman–Crippen LogP) is 2.59. The van der Waals surface area contributed by atoms with Gasteiger partial charge in [0.2, 0.25) is 0 Å². The zero-order valence-electron chi connectivity index (χ0n) is 12.3. The van der Waals surface area contributed by atoms with E-state index in [1.807, 2.05) is 19.1 Å². The van der Waals surface area contributed by atoms with Crippen molar-refractivity contribution >= 4 is 17.4 Å². The van der Waals surface area contributed by atoms with Crippen LogP contribution in [0.4, 0.5) is 16.2 Å². The highest BCUT2D eigenvalue weighted by Gasteiger charge is 2.49. The molecular weight excluding hydrogens is 254 g/mol. The number of carbonyl (C=O) groups is 1. The largest absolute Gasteiger partial charge is 0.399 e. The van der Waals surface area contributed by atoms with Crippen molar-refractivity contribution in [2.24, 2.45) is 5.41 Å². The molecule has 0 saturated heterocycles. The molecule has 2 atom stereocenters. The van der Waals surface area contributed by atoms with Gasteiger partial charge in [-0.2, -0.15) is 0 Å². The molecule has 20 heavy (non-hydrogen) atoms. The SMILES string of the molecule is CCOC1CC(NC(=O)Nc2cccc(N)c2)C1(C)C. The second-order valence-corrected chi connectivity index (χ2v) is 5.78. The maximum atomic E-state index is 12.0. The summed E-state index contributed by atoms with van der Waals surface area (Å²) < 4.78 is 5.65. The molecule has 0 aromatic heterocycles. The molecule has 0 aliphatic heterocycles. The number of nitrogens with two attached hydrogens (primary N) is 1. The number of benzene rings is 1. The molecule has 5 nitrogen and oxygen atoms in total. The highest BCUT2D eigenvalue weighted by atomic mass is 16.5. The number of hydrogen-bond donors (Lipinski definition) is 3. The summed E-state index contributed by atoms with van der Waals surface area (Å²) in [7, 11) is 0. The number of nitrogen functional groups attached to an aromatic ring is 1. The van der Waals surface area contributed by atoms with E-state index in [1.54, 1.807) is 12.1 Å². The molecular formula is C15H23N3O2. The van der Waals surface area contributed by atoms with E-state index >= 15 is 0 Å². The number of carbonyl (C=O) groups excluding carboxylic acids is 1. The van der Waals surface area contributed by atoms with Crippen molar-refractivity contribution in [1.82, 2.24) is 5.32 Å². The highest BCUT2D eigenvalue weighted by Crippen LogP contribution is 2.42. The van der Waals surface area contributed by atoms with Crippen molar-refractivity contribution in [3.63, 3.8) is 0 Å². The molecule has 0 spiro atoms. The smallest absolute Gasteiger partial charge is 0.319 e. The lowest BCUT2D eigenvalue weighted by Gasteiger charge is -2.51. The fraction of sp³-hybridized carbons (Fsp3) is 0.533. The van der Waals surface area contributed by atoms with Crippen molar-refractivity contribution in [2.45, 2.75) is 39.3 Å². The molecule has 0 heterocycles. The van der Waals surface area contributed by atoms with Crippen LogP contribution in [0.25, 0.3) is 0 Å². The molecule has 1 saturated carbocycles. The summed E-state index contributed by atoms with van der Waals surface area (Å²) in [4.78, 5) is 12.0. The van der Waals surface area contributed by atoms with Gasteiger partial charge < -0.3 is 21.1 Å². The van der Waals surface area contributed by atoms with Gasteiger partial charge in [-0.1, -0.05) is 19.9 Å². The van der Waals surface area contributed by atoms with Crippen LogP contribution in [0, 0.1) is 5.41 Å². The van der Waals surface area contributed by atoms with Crippen molar-refractivity contribution in [3.8, 4) is 0 Å². The second kappa shape index (κ2) is 5.71. The zero-order chi connectivity index (χ0) is 14.8. The summed E-state index contributed by atoms with van der Waals surface area (Å²) >= 11 is 0. The van der Waals surface area contributed by atoms with Gasteiger partial charge in [0.1, 0.15) is 0 Å². The molecule has 2 unspecified atom stereocenters. The van der Waals surface area contributed by atoms with Crippen LogP contribution in [0.3, 0.4) is 0 Å². The molecule has 5 heteroatoms. The molecule has 1 fully saturated rings. The van der Waals surface area contributed by atoms with E-state index in [2.05, 4.69) is 24.5 Å². The first-order valence-electron chi connectivity index (χ1n) is 6.98. The molecule has 1 aliphatic rings. The summed E-state index contributed by atoms with van der Waals surface area (Å²) in [5.74, 6) is 0. The van der Waals surface area contributed by atoms with Crippen LogP contribution in [0.15, 0.2) is 24.3 Å². The topological polar surface area (TPSA) is 76.4 Å². The Balaban J connectivity index is 1.87.